The maximum Gasteiger partial charge on any atom is 0.328 e. The molecule has 6 nitrogen and oxygen atoms in total. The Kier molecular flexibility index (Phi) is 3.89. The van der Waals surface area contributed by atoms with Crippen LogP contribution in [0.3, 0.4) is 0 Å². The number of benzene rings is 1. The lowest BCUT2D eigenvalue weighted by atomic mass is 10.2. The smallest absolute Gasteiger partial charge is 0.295 e. The number of carbonyl (C=O) groups excluding carboxylic acids is 2. The predicted octanol–water partition coefficient (Wildman–Crippen LogP) is 2.32. The highest BCUT2D eigenvalue weighted by molar-refractivity contribution is 8.18. The summed E-state index contributed by atoms with van der Waals surface area (Å²) in [5.41, 5.74) is 2.31. The minimum atomic E-state index is -0.246. The van der Waals surface area contributed by atoms with E-state index in [1.807, 2.05) is 25.1 Å². The van der Waals surface area contributed by atoms with Gasteiger partial charge in [0, 0.05) is 20.6 Å². The zero-order valence-corrected chi connectivity index (χ0v) is 14.0. The van der Waals surface area contributed by atoms with Crippen LogP contribution in [0.25, 0.3) is 17.1 Å². The molecule has 7 heteroatoms. The second-order valence-corrected chi connectivity index (χ2v) is 6.48. The van der Waals surface area contributed by atoms with Crippen molar-refractivity contribution in [1.29, 1.82) is 0 Å². The summed E-state index contributed by atoms with van der Waals surface area (Å²) in [6, 6.07) is 5.54. The molecule has 0 bridgehead atoms. The van der Waals surface area contributed by atoms with Crippen molar-refractivity contribution in [1.82, 2.24) is 14.0 Å². The van der Waals surface area contributed by atoms with Crippen molar-refractivity contribution >= 4 is 40.0 Å². The standard InChI is InChI=1S/C16H17N3O3S/c1-4-7-19-14(20)13(23-16(19)22)9-10-5-6-11-12(8-10)18(3)15(21)17(11)2/h5-6,8-9H,4,7H2,1-3H3/b13-9+. The van der Waals surface area contributed by atoms with Crippen LogP contribution in [-0.2, 0) is 18.9 Å². The number of imide groups is 1. The molecule has 1 aromatic heterocycles. The highest BCUT2D eigenvalue weighted by Gasteiger charge is 2.34. The van der Waals surface area contributed by atoms with Gasteiger partial charge in [-0.1, -0.05) is 13.0 Å². The molecule has 1 aliphatic heterocycles. The molecule has 0 aliphatic carbocycles. The van der Waals surface area contributed by atoms with Gasteiger partial charge in [0.05, 0.1) is 15.9 Å². The summed E-state index contributed by atoms with van der Waals surface area (Å²) >= 11 is 0.959. The molecular weight excluding hydrogens is 314 g/mol. The van der Waals surface area contributed by atoms with E-state index >= 15 is 0 Å². The van der Waals surface area contributed by atoms with Crippen molar-refractivity contribution in [2.24, 2.45) is 14.1 Å². The van der Waals surface area contributed by atoms with E-state index < -0.39 is 0 Å². The third kappa shape index (κ3) is 2.50. The summed E-state index contributed by atoms with van der Waals surface area (Å²) in [7, 11) is 3.43. The van der Waals surface area contributed by atoms with Crippen LogP contribution in [0.15, 0.2) is 27.9 Å². The number of aryl methyl sites for hydroxylation is 2. The maximum atomic E-state index is 12.3. The molecule has 1 aromatic carbocycles. The highest BCUT2D eigenvalue weighted by atomic mass is 32.2. The third-order valence-electron chi connectivity index (χ3n) is 3.91. The molecule has 0 N–H and O–H groups in total. The maximum absolute atomic E-state index is 12.3. The lowest BCUT2D eigenvalue weighted by Gasteiger charge is -2.09. The van der Waals surface area contributed by atoms with Crippen molar-refractivity contribution < 1.29 is 9.59 Å². The molecule has 1 fully saturated rings. The van der Waals surface area contributed by atoms with Crippen LogP contribution >= 0.6 is 11.8 Å². The lowest BCUT2D eigenvalue weighted by Crippen LogP contribution is -2.28. The second-order valence-electron chi connectivity index (χ2n) is 5.48. The summed E-state index contributed by atoms with van der Waals surface area (Å²) in [5.74, 6) is -0.246. The van der Waals surface area contributed by atoms with E-state index in [-0.39, 0.29) is 16.8 Å². The molecule has 0 spiro atoms. The predicted molar refractivity (Wildman–Crippen MR) is 91.1 cm³/mol. The number of nitrogens with zero attached hydrogens (tertiary/aromatic N) is 3. The van der Waals surface area contributed by atoms with E-state index in [1.165, 1.54) is 4.90 Å². The average Bonchev–Trinajstić information content (AvgIpc) is 2.91. The zero-order chi connectivity index (χ0) is 16.7. The van der Waals surface area contributed by atoms with Gasteiger partial charge in [-0.25, -0.2) is 4.79 Å². The molecule has 120 valence electrons. The Bertz CT molecular complexity index is 907. The quantitative estimate of drug-likeness (QED) is 0.810. The van der Waals surface area contributed by atoms with Crippen molar-refractivity contribution in [2.75, 3.05) is 6.54 Å². The molecule has 1 saturated heterocycles. The summed E-state index contributed by atoms with van der Waals surface area (Å²) < 4.78 is 3.14. The Morgan fingerprint density at radius 1 is 1.09 bits per heavy atom. The van der Waals surface area contributed by atoms with Crippen molar-refractivity contribution in [2.45, 2.75) is 13.3 Å². The molecule has 0 radical (unpaired) electrons. The largest absolute Gasteiger partial charge is 0.328 e. The number of fused-ring (bicyclic) bond motifs is 1. The highest BCUT2D eigenvalue weighted by Crippen LogP contribution is 2.32. The normalized spacial score (nSPS) is 17.0. The van der Waals surface area contributed by atoms with Crippen molar-refractivity contribution in [3.8, 4) is 0 Å². The number of thioether (sulfide) groups is 1. The number of amides is 2. The Morgan fingerprint density at radius 3 is 2.48 bits per heavy atom. The van der Waals surface area contributed by atoms with Gasteiger partial charge < -0.3 is 0 Å². The van der Waals surface area contributed by atoms with Gasteiger partial charge in [-0.15, -0.1) is 0 Å². The summed E-state index contributed by atoms with van der Waals surface area (Å²) in [6.45, 7) is 2.37. The monoisotopic (exact) mass is 331 g/mol. The van der Waals surface area contributed by atoms with Crippen LogP contribution in [-0.4, -0.2) is 31.7 Å². The van der Waals surface area contributed by atoms with E-state index in [0.717, 1.165) is 34.8 Å². The lowest BCUT2D eigenvalue weighted by molar-refractivity contribution is -0.122. The summed E-state index contributed by atoms with van der Waals surface area (Å²) in [6.07, 6.45) is 2.45. The molecule has 0 atom stereocenters. The Balaban J connectivity index is 2.02. The second kappa shape index (κ2) is 5.73. The van der Waals surface area contributed by atoms with Gasteiger partial charge in [-0.05, 0) is 42.0 Å². The van der Waals surface area contributed by atoms with E-state index in [2.05, 4.69) is 0 Å². The van der Waals surface area contributed by atoms with Crippen LogP contribution in [0.5, 0.6) is 0 Å². The first kappa shape index (κ1) is 15.6. The van der Waals surface area contributed by atoms with E-state index in [9.17, 15) is 14.4 Å². The number of aromatic nitrogens is 2. The summed E-state index contributed by atoms with van der Waals surface area (Å²) in [5, 5.41) is -0.226. The van der Waals surface area contributed by atoms with Crippen LogP contribution in [0, 0.1) is 0 Å². The van der Waals surface area contributed by atoms with Gasteiger partial charge in [0.2, 0.25) is 0 Å². The zero-order valence-electron chi connectivity index (χ0n) is 13.2. The minimum absolute atomic E-state index is 0.0968. The Labute approximate surface area is 137 Å². The van der Waals surface area contributed by atoms with Gasteiger partial charge in [0.1, 0.15) is 0 Å². The van der Waals surface area contributed by atoms with Crippen molar-refractivity contribution in [3.05, 3.63) is 39.2 Å². The first-order chi connectivity index (χ1) is 10.9. The minimum Gasteiger partial charge on any atom is -0.295 e. The van der Waals surface area contributed by atoms with E-state index in [0.29, 0.717) is 11.4 Å². The van der Waals surface area contributed by atoms with Crippen LogP contribution in [0.4, 0.5) is 4.79 Å². The Hall–Kier alpha value is -2.28. The van der Waals surface area contributed by atoms with Gasteiger partial charge in [-0.2, -0.15) is 0 Å². The van der Waals surface area contributed by atoms with Gasteiger partial charge in [0.15, 0.2) is 0 Å². The van der Waals surface area contributed by atoms with Crippen LogP contribution in [0.2, 0.25) is 0 Å². The summed E-state index contributed by atoms with van der Waals surface area (Å²) in [4.78, 5) is 37.8. The number of hydrogen-bond acceptors (Lipinski definition) is 4. The van der Waals surface area contributed by atoms with E-state index in [4.69, 9.17) is 0 Å². The number of hydrogen-bond donors (Lipinski definition) is 0. The van der Waals surface area contributed by atoms with Gasteiger partial charge >= 0.3 is 5.69 Å². The fourth-order valence-electron chi connectivity index (χ4n) is 2.68. The van der Waals surface area contributed by atoms with Crippen molar-refractivity contribution in [3.63, 3.8) is 0 Å². The fraction of sp³-hybridized carbons (Fsp3) is 0.312. The fourth-order valence-corrected chi connectivity index (χ4v) is 3.55. The molecule has 0 saturated carbocycles. The molecule has 2 amide bonds. The molecule has 2 aromatic rings. The number of imidazole rings is 1. The van der Waals surface area contributed by atoms with Gasteiger partial charge in [-0.3, -0.25) is 23.6 Å². The SMILES string of the molecule is CCCN1C(=O)S/C(=C/c2ccc3c(c2)n(C)c(=O)n3C)C1=O. The first-order valence-electron chi connectivity index (χ1n) is 7.35. The van der Waals surface area contributed by atoms with E-state index in [1.54, 1.807) is 29.3 Å². The molecule has 23 heavy (non-hydrogen) atoms. The molecule has 3 rings (SSSR count). The molecule has 1 aliphatic rings. The average molecular weight is 331 g/mol. The number of rotatable bonds is 3. The molecule has 2 heterocycles. The first-order valence-corrected chi connectivity index (χ1v) is 8.16. The molecular formula is C16H17N3O3S. The topological polar surface area (TPSA) is 64.3 Å². The van der Waals surface area contributed by atoms with Gasteiger partial charge in [0.25, 0.3) is 11.1 Å². The van der Waals surface area contributed by atoms with Crippen LogP contribution in [0.1, 0.15) is 18.9 Å². The van der Waals surface area contributed by atoms with Crippen LogP contribution < -0.4 is 5.69 Å². The Morgan fingerprint density at radius 2 is 1.78 bits per heavy atom. The third-order valence-corrected chi connectivity index (χ3v) is 4.82. The number of carbonyl (C=O) groups is 2. The molecule has 0 unspecified atom stereocenters.